The average molecular weight is 336 g/mol. The van der Waals surface area contributed by atoms with E-state index < -0.39 is 0 Å². The van der Waals surface area contributed by atoms with Crippen molar-refractivity contribution in [2.45, 2.75) is 26.8 Å². The lowest BCUT2D eigenvalue weighted by Gasteiger charge is -2.13. The number of aromatic amines is 1. The molecule has 25 heavy (non-hydrogen) atoms. The van der Waals surface area contributed by atoms with Gasteiger partial charge in [-0.25, -0.2) is 4.68 Å². The van der Waals surface area contributed by atoms with Crippen molar-refractivity contribution in [3.63, 3.8) is 0 Å². The Morgan fingerprint density at radius 1 is 1.24 bits per heavy atom. The van der Waals surface area contributed by atoms with Crippen LogP contribution in [0.4, 0.5) is 0 Å². The SMILES string of the molecule is CC(=O)c1c[nH]c(C(=O)N[C@@H](C)c2cnn(-c3ccccc3)c2C)c1. The molecule has 0 spiro atoms. The maximum absolute atomic E-state index is 12.4. The molecule has 1 amide bonds. The first-order chi connectivity index (χ1) is 12.0. The summed E-state index contributed by atoms with van der Waals surface area (Å²) in [4.78, 5) is 26.6. The molecule has 128 valence electrons. The van der Waals surface area contributed by atoms with Gasteiger partial charge in [0, 0.05) is 23.0 Å². The summed E-state index contributed by atoms with van der Waals surface area (Å²) in [5, 5.41) is 7.36. The van der Waals surface area contributed by atoms with E-state index in [4.69, 9.17) is 0 Å². The van der Waals surface area contributed by atoms with Crippen molar-refractivity contribution in [1.82, 2.24) is 20.1 Å². The Bertz CT molecular complexity index is 909. The van der Waals surface area contributed by atoms with Crippen LogP contribution in [0, 0.1) is 6.92 Å². The van der Waals surface area contributed by atoms with Gasteiger partial charge in [-0.2, -0.15) is 5.10 Å². The van der Waals surface area contributed by atoms with Gasteiger partial charge < -0.3 is 10.3 Å². The standard InChI is InChI=1S/C19H20N4O2/c1-12(22-19(25)18-9-15(10-20-18)14(3)24)17-11-21-23(13(17)2)16-7-5-4-6-8-16/h4-12,20H,1-3H3,(H,22,25)/t12-/m0/s1. The Morgan fingerprint density at radius 3 is 2.60 bits per heavy atom. The van der Waals surface area contributed by atoms with Crippen molar-refractivity contribution in [2.75, 3.05) is 0 Å². The molecule has 3 aromatic rings. The number of aromatic nitrogens is 3. The smallest absolute Gasteiger partial charge is 0.268 e. The summed E-state index contributed by atoms with van der Waals surface area (Å²) in [6, 6.07) is 11.2. The molecule has 0 fully saturated rings. The lowest BCUT2D eigenvalue weighted by atomic mass is 10.1. The quantitative estimate of drug-likeness (QED) is 0.702. The zero-order chi connectivity index (χ0) is 18.0. The van der Waals surface area contributed by atoms with Gasteiger partial charge in [0.15, 0.2) is 5.78 Å². The van der Waals surface area contributed by atoms with Crippen molar-refractivity contribution >= 4 is 11.7 Å². The number of rotatable bonds is 5. The van der Waals surface area contributed by atoms with E-state index in [1.165, 1.54) is 6.92 Å². The molecule has 0 radical (unpaired) electrons. The molecule has 0 saturated carbocycles. The van der Waals surface area contributed by atoms with Crippen LogP contribution in [-0.4, -0.2) is 26.5 Å². The minimum Gasteiger partial charge on any atom is -0.356 e. The van der Waals surface area contributed by atoms with E-state index >= 15 is 0 Å². The number of ketones is 1. The molecule has 0 saturated heterocycles. The highest BCUT2D eigenvalue weighted by Gasteiger charge is 2.18. The number of Topliss-reactive ketones (excluding diaryl/α,β-unsaturated/α-hetero) is 1. The van der Waals surface area contributed by atoms with E-state index in [1.54, 1.807) is 18.5 Å². The molecule has 6 heteroatoms. The van der Waals surface area contributed by atoms with Crippen molar-refractivity contribution in [3.05, 3.63) is 71.3 Å². The van der Waals surface area contributed by atoms with Gasteiger partial charge in [0.2, 0.25) is 0 Å². The van der Waals surface area contributed by atoms with Gasteiger partial charge in [-0.3, -0.25) is 9.59 Å². The van der Waals surface area contributed by atoms with Gasteiger partial charge in [0.05, 0.1) is 17.9 Å². The third-order valence-corrected chi connectivity index (χ3v) is 4.20. The number of H-pyrrole nitrogens is 1. The predicted molar refractivity (Wildman–Crippen MR) is 95.0 cm³/mol. The van der Waals surface area contributed by atoms with Crippen molar-refractivity contribution in [3.8, 4) is 5.69 Å². The summed E-state index contributed by atoms with van der Waals surface area (Å²) >= 11 is 0. The summed E-state index contributed by atoms with van der Waals surface area (Å²) in [5.74, 6) is -0.338. The second-order valence-corrected chi connectivity index (χ2v) is 5.99. The maximum atomic E-state index is 12.4. The fourth-order valence-corrected chi connectivity index (χ4v) is 2.76. The van der Waals surface area contributed by atoms with Gasteiger partial charge in [-0.1, -0.05) is 18.2 Å². The van der Waals surface area contributed by atoms with Crippen molar-refractivity contribution < 1.29 is 9.59 Å². The van der Waals surface area contributed by atoms with E-state index in [0.29, 0.717) is 11.3 Å². The summed E-state index contributed by atoms with van der Waals surface area (Å²) < 4.78 is 1.85. The molecule has 0 aliphatic carbocycles. The molecule has 2 N–H and O–H groups in total. The second-order valence-electron chi connectivity index (χ2n) is 5.99. The molecule has 2 aromatic heterocycles. The number of nitrogens with zero attached hydrogens (tertiary/aromatic N) is 2. The largest absolute Gasteiger partial charge is 0.356 e. The average Bonchev–Trinajstić information content (AvgIpc) is 3.22. The summed E-state index contributed by atoms with van der Waals surface area (Å²) in [5.41, 5.74) is 3.74. The van der Waals surface area contributed by atoms with E-state index in [1.807, 2.05) is 48.9 Å². The molecule has 0 unspecified atom stereocenters. The van der Waals surface area contributed by atoms with Crippen LogP contribution in [0.3, 0.4) is 0 Å². The van der Waals surface area contributed by atoms with Crippen LogP contribution in [0.25, 0.3) is 5.69 Å². The van der Waals surface area contributed by atoms with Gasteiger partial charge in [-0.15, -0.1) is 0 Å². The van der Waals surface area contributed by atoms with E-state index in [0.717, 1.165) is 16.9 Å². The molecule has 2 heterocycles. The van der Waals surface area contributed by atoms with Gasteiger partial charge in [-0.05, 0) is 39.0 Å². The van der Waals surface area contributed by atoms with Crippen LogP contribution in [-0.2, 0) is 0 Å². The molecule has 0 bridgehead atoms. The Balaban J connectivity index is 1.77. The number of benzene rings is 1. The highest BCUT2D eigenvalue weighted by Crippen LogP contribution is 2.20. The zero-order valence-electron chi connectivity index (χ0n) is 14.4. The summed E-state index contributed by atoms with van der Waals surface area (Å²) in [7, 11) is 0. The number of carbonyl (C=O) groups is 2. The number of amides is 1. The number of hydrogen-bond donors (Lipinski definition) is 2. The van der Waals surface area contributed by atoms with Gasteiger partial charge >= 0.3 is 0 Å². The van der Waals surface area contributed by atoms with Gasteiger partial charge in [0.25, 0.3) is 5.91 Å². The first-order valence-electron chi connectivity index (χ1n) is 8.07. The second kappa shape index (κ2) is 6.76. The number of nitrogens with one attached hydrogen (secondary N) is 2. The third kappa shape index (κ3) is 3.38. The molecule has 3 rings (SSSR count). The van der Waals surface area contributed by atoms with Crippen LogP contribution in [0.5, 0.6) is 0 Å². The number of para-hydroxylation sites is 1. The van der Waals surface area contributed by atoms with Crippen molar-refractivity contribution in [2.24, 2.45) is 0 Å². The van der Waals surface area contributed by atoms with Gasteiger partial charge in [0.1, 0.15) is 5.69 Å². The van der Waals surface area contributed by atoms with E-state index in [9.17, 15) is 9.59 Å². The fourth-order valence-electron chi connectivity index (χ4n) is 2.76. The first kappa shape index (κ1) is 16.7. The normalized spacial score (nSPS) is 12.0. The lowest BCUT2D eigenvalue weighted by molar-refractivity contribution is 0.0935. The Morgan fingerprint density at radius 2 is 1.96 bits per heavy atom. The monoisotopic (exact) mass is 336 g/mol. The Kier molecular flexibility index (Phi) is 4.52. The van der Waals surface area contributed by atoms with E-state index in [2.05, 4.69) is 15.4 Å². The van der Waals surface area contributed by atoms with Crippen molar-refractivity contribution in [1.29, 1.82) is 0 Å². The molecular formula is C19H20N4O2. The highest BCUT2D eigenvalue weighted by molar-refractivity contribution is 5.99. The van der Waals surface area contributed by atoms with Crippen LogP contribution >= 0.6 is 0 Å². The molecule has 0 aliphatic rings. The third-order valence-electron chi connectivity index (χ3n) is 4.20. The lowest BCUT2D eigenvalue weighted by Crippen LogP contribution is -2.27. The summed E-state index contributed by atoms with van der Waals surface area (Å²) in [6.07, 6.45) is 3.31. The molecule has 1 atom stereocenters. The number of carbonyl (C=O) groups excluding carboxylic acids is 2. The molecular weight excluding hydrogens is 316 g/mol. The Hall–Kier alpha value is -3.15. The molecule has 0 aliphatic heterocycles. The highest BCUT2D eigenvalue weighted by atomic mass is 16.2. The van der Waals surface area contributed by atoms with Crippen LogP contribution < -0.4 is 5.32 Å². The molecule has 6 nitrogen and oxygen atoms in total. The van der Waals surface area contributed by atoms with E-state index in [-0.39, 0.29) is 17.7 Å². The fraction of sp³-hybridized carbons (Fsp3) is 0.211. The van der Waals surface area contributed by atoms with Crippen LogP contribution in [0.2, 0.25) is 0 Å². The van der Waals surface area contributed by atoms with Crippen LogP contribution in [0.1, 0.15) is 52.0 Å². The molecule has 1 aromatic carbocycles. The zero-order valence-corrected chi connectivity index (χ0v) is 14.4. The first-order valence-corrected chi connectivity index (χ1v) is 8.07. The van der Waals surface area contributed by atoms with Crippen LogP contribution in [0.15, 0.2) is 48.8 Å². The number of hydrogen-bond acceptors (Lipinski definition) is 3. The minimum atomic E-state index is -0.258. The summed E-state index contributed by atoms with van der Waals surface area (Å²) in [6.45, 7) is 5.35. The predicted octanol–water partition coefficient (Wildman–Crippen LogP) is 3.20. The minimum absolute atomic E-state index is 0.0802. The Labute approximate surface area is 145 Å². The topological polar surface area (TPSA) is 79.8 Å². The maximum Gasteiger partial charge on any atom is 0.268 e.